The molecule has 0 aromatic heterocycles. The largest absolute Gasteiger partial charge is 0.261 e. The van der Waals surface area contributed by atoms with Crippen LogP contribution in [0.3, 0.4) is 0 Å². The zero-order valence-electron chi connectivity index (χ0n) is 7.20. The molecule has 0 spiro atoms. The van der Waals surface area contributed by atoms with Crippen LogP contribution in [0.4, 0.5) is 5.69 Å². The molecule has 1 nitrogen and oxygen atoms in total. The van der Waals surface area contributed by atoms with Crippen LogP contribution in [-0.2, 0) is 6.42 Å². The molecular weight excluding hydrogens is 158 g/mol. The minimum absolute atomic E-state index is 0.986. The smallest absolute Gasteiger partial charge is 0.0667 e. The molecule has 0 bridgehead atoms. The molecule has 13 heavy (non-hydrogen) atoms. The monoisotopic (exact) mass is 167 g/mol. The molecule has 2 aromatic rings. The van der Waals surface area contributed by atoms with Crippen molar-refractivity contribution in [3.8, 4) is 0 Å². The van der Waals surface area contributed by atoms with Gasteiger partial charge in [0, 0.05) is 12.6 Å². The average Bonchev–Trinajstić information content (AvgIpc) is 2.61. The highest BCUT2D eigenvalue weighted by atomic mass is 14.7. The second-order valence-electron chi connectivity index (χ2n) is 3.34. The molecule has 0 amide bonds. The van der Waals surface area contributed by atoms with E-state index in [1.165, 1.54) is 16.3 Å². The maximum Gasteiger partial charge on any atom is 0.0667 e. The summed E-state index contributed by atoms with van der Waals surface area (Å²) in [6.07, 6.45) is 2.96. The number of hydrogen-bond donors (Lipinski definition) is 0. The predicted octanol–water partition coefficient (Wildman–Crippen LogP) is 3.10. The molecule has 0 fully saturated rings. The highest BCUT2D eigenvalue weighted by molar-refractivity contribution is 5.90. The van der Waals surface area contributed by atoms with Gasteiger partial charge in [0.1, 0.15) is 0 Å². The lowest BCUT2D eigenvalue weighted by Gasteiger charge is -2.00. The summed E-state index contributed by atoms with van der Waals surface area (Å²) >= 11 is 0. The third kappa shape index (κ3) is 0.970. The number of nitrogens with zero attached hydrogens (tertiary/aromatic N) is 1. The Labute approximate surface area is 76.7 Å². The fourth-order valence-electron chi connectivity index (χ4n) is 1.80. The summed E-state index contributed by atoms with van der Waals surface area (Å²) < 4.78 is 0. The Morgan fingerprint density at radius 2 is 1.77 bits per heavy atom. The topological polar surface area (TPSA) is 12.4 Å². The standard InChI is InChI=1S/C12H9N/c1-2-4-10-8-12-11(5-6-13-12)7-9(10)3-1/h1-4,6-8H,5H2. The van der Waals surface area contributed by atoms with Crippen LogP contribution in [0.5, 0.6) is 0 Å². The van der Waals surface area contributed by atoms with Gasteiger partial charge in [-0.2, -0.15) is 0 Å². The van der Waals surface area contributed by atoms with Gasteiger partial charge in [0.2, 0.25) is 0 Å². The van der Waals surface area contributed by atoms with E-state index in [2.05, 4.69) is 41.4 Å². The van der Waals surface area contributed by atoms with Crippen molar-refractivity contribution in [3.05, 3.63) is 42.0 Å². The molecular formula is C12H9N. The van der Waals surface area contributed by atoms with Crippen molar-refractivity contribution in [2.75, 3.05) is 0 Å². The quantitative estimate of drug-likeness (QED) is 0.571. The molecule has 0 atom stereocenters. The first-order chi connectivity index (χ1) is 6.43. The van der Waals surface area contributed by atoms with Crippen molar-refractivity contribution in [1.29, 1.82) is 0 Å². The van der Waals surface area contributed by atoms with E-state index in [1.54, 1.807) is 0 Å². The molecule has 0 saturated heterocycles. The van der Waals surface area contributed by atoms with Crippen LogP contribution in [0.25, 0.3) is 10.8 Å². The maximum atomic E-state index is 4.32. The molecule has 0 unspecified atom stereocenters. The van der Waals surface area contributed by atoms with Crippen molar-refractivity contribution >= 4 is 22.7 Å². The number of benzene rings is 2. The van der Waals surface area contributed by atoms with Gasteiger partial charge >= 0.3 is 0 Å². The first-order valence-corrected chi connectivity index (χ1v) is 4.48. The fourth-order valence-corrected chi connectivity index (χ4v) is 1.80. The second kappa shape index (κ2) is 2.43. The van der Waals surface area contributed by atoms with E-state index in [0.717, 1.165) is 12.1 Å². The van der Waals surface area contributed by atoms with Gasteiger partial charge in [0.25, 0.3) is 0 Å². The van der Waals surface area contributed by atoms with Gasteiger partial charge in [-0.1, -0.05) is 24.3 Å². The van der Waals surface area contributed by atoms with E-state index in [1.807, 2.05) is 6.21 Å². The van der Waals surface area contributed by atoms with E-state index in [-0.39, 0.29) is 0 Å². The van der Waals surface area contributed by atoms with Crippen LogP contribution in [-0.4, -0.2) is 6.21 Å². The van der Waals surface area contributed by atoms with Gasteiger partial charge in [-0.15, -0.1) is 0 Å². The predicted molar refractivity (Wildman–Crippen MR) is 55.8 cm³/mol. The number of rotatable bonds is 0. The third-order valence-corrected chi connectivity index (χ3v) is 2.49. The zero-order valence-corrected chi connectivity index (χ0v) is 7.20. The lowest BCUT2D eigenvalue weighted by molar-refractivity contribution is 1.43. The highest BCUT2D eigenvalue weighted by Gasteiger charge is 2.06. The number of hydrogen-bond acceptors (Lipinski definition) is 1. The molecule has 62 valence electrons. The van der Waals surface area contributed by atoms with Crippen molar-refractivity contribution in [3.63, 3.8) is 0 Å². The van der Waals surface area contributed by atoms with E-state index in [4.69, 9.17) is 0 Å². The summed E-state index contributed by atoms with van der Waals surface area (Å²) in [7, 11) is 0. The van der Waals surface area contributed by atoms with Crippen LogP contribution in [0.2, 0.25) is 0 Å². The maximum absolute atomic E-state index is 4.32. The van der Waals surface area contributed by atoms with E-state index in [9.17, 15) is 0 Å². The number of aliphatic imine (C=N–C) groups is 1. The summed E-state index contributed by atoms with van der Waals surface area (Å²) in [4.78, 5) is 4.32. The Balaban J connectivity index is 2.40. The summed E-state index contributed by atoms with van der Waals surface area (Å²) in [5.41, 5.74) is 2.48. The molecule has 1 aliphatic rings. The molecule has 0 aliphatic carbocycles. The Hall–Kier alpha value is -1.63. The van der Waals surface area contributed by atoms with Crippen LogP contribution in [0, 0.1) is 0 Å². The van der Waals surface area contributed by atoms with E-state index >= 15 is 0 Å². The summed E-state index contributed by atoms with van der Waals surface area (Å²) in [6.45, 7) is 0. The van der Waals surface area contributed by atoms with Crippen LogP contribution in [0.15, 0.2) is 41.4 Å². The van der Waals surface area contributed by atoms with Gasteiger partial charge in [-0.05, 0) is 28.5 Å². The van der Waals surface area contributed by atoms with Gasteiger partial charge in [-0.3, -0.25) is 4.99 Å². The summed E-state index contributed by atoms with van der Waals surface area (Å²) in [5, 5.41) is 2.59. The Bertz CT molecular complexity index is 497. The first kappa shape index (κ1) is 6.84. The minimum Gasteiger partial charge on any atom is -0.261 e. The van der Waals surface area contributed by atoms with Crippen LogP contribution < -0.4 is 0 Å². The third-order valence-electron chi connectivity index (χ3n) is 2.49. The minimum atomic E-state index is 0.986. The van der Waals surface area contributed by atoms with Gasteiger partial charge < -0.3 is 0 Å². The lowest BCUT2D eigenvalue weighted by Crippen LogP contribution is -1.79. The summed E-state index contributed by atoms with van der Waals surface area (Å²) in [6, 6.07) is 12.8. The van der Waals surface area contributed by atoms with Gasteiger partial charge in [-0.25, -0.2) is 0 Å². The van der Waals surface area contributed by atoms with Gasteiger partial charge in [0.15, 0.2) is 0 Å². The molecule has 0 N–H and O–H groups in total. The lowest BCUT2D eigenvalue weighted by atomic mass is 10.1. The zero-order chi connectivity index (χ0) is 8.67. The molecule has 2 aromatic carbocycles. The summed E-state index contributed by atoms with van der Waals surface area (Å²) in [5.74, 6) is 0. The first-order valence-electron chi connectivity index (χ1n) is 4.48. The highest BCUT2D eigenvalue weighted by Crippen LogP contribution is 2.29. The molecule has 0 radical (unpaired) electrons. The van der Waals surface area contributed by atoms with Crippen molar-refractivity contribution in [1.82, 2.24) is 0 Å². The SMILES string of the molecule is C1=Nc2cc3ccccc3cc2C1. The fraction of sp³-hybridized carbons (Fsp3) is 0.0833. The van der Waals surface area contributed by atoms with Crippen molar-refractivity contribution in [2.45, 2.75) is 6.42 Å². The normalized spacial score (nSPS) is 13.5. The number of fused-ring (bicyclic) bond motifs is 2. The molecule has 3 rings (SSSR count). The second-order valence-corrected chi connectivity index (χ2v) is 3.34. The molecule has 1 aliphatic heterocycles. The average molecular weight is 167 g/mol. The Kier molecular flexibility index (Phi) is 1.28. The Morgan fingerprint density at radius 3 is 2.62 bits per heavy atom. The van der Waals surface area contributed by atoms with E-state index in [0.29, 0.717) is 0 Å². The molecule has 1 heterocycles. The van der Waals surface area contributed by atoms with Gasteiger partial charge in [0.05, 0.1) is 5.69 Å². The molecule has 0 saturated carbocycles. The van der Waals surface area contributed by atoms with Crippen LogP contribution in [0.1, 0.15) is 5.56 Å². The van der Waals surface area contributed by atoms with E-state index < -0.39 is 0 Å². The molecule has 1 heteroatoms. The van der Waals surface area contributed by atoms with Crippen molar-refractivity contribution < 1.29 is 0 Å². The Morgan fingerprint density at radius 1 is 1.00 bits per heavy atom. The van der Waals surface area contributed by atoms with Crippen molar-refractivity contribution in [2.24, 2.45) is 4.99 Å². The van der Waals surface area contributed by atoms with Crippen LogP contribution >= 0.6 is 0 Å².